The van der Waals surface area contributed by atoms with Crippen LogP contribution >= 0.6 is 0 Å². The average molecular weight is 681 g/mol. The van der Waals surface area contributed by atoms with Crippen LogP contribution in [-0.4, -0.2) is 63.0 Å². The van der Waals surface area contributed by atoms with Crippen molar-refractivity contribution >= 4 is 31.5 Å². The van der Waals surface area contributed by atoms with Gasteiger partial charge in [-0.15, -0.1) is 5.54 Å². The average Bonchev–Trinajstić information content (AvgIpc) is 3.37. The van der Waals surface area contributed by atoms with Gasteiger partial charge in [0.15, 0.2) is 0 Å². The lowest BCUT2D eigenvalue weighted by Gasteiger charge is -2.38. The van der Waals surface area contributed by atoms with Gasteiger partial charge in [0.05, 0.1) is 11.4 Å². The van der Waals surface area contributed by atoms with E-state index in [2.05, 4.69) is 86.8 Å². The number of likely N-dealkylation sites (N-methyl/N-ethyl adjacent to an activating group) is 1. The summed E-state index contributed by atoms with van der Waals surface area (Å²) in [6.07, 6.45) is 3.25. The van der Waals surface area contributed by atoms with Crippen LogP contribution in [0.4, 0.5) is 10.6 Å². The first kappa shape index (κ1) is 37.3. The van der Waals surface area contributed by atoms with Crippen molar-refractivity contribution in [3.05, 3.63) is 65.7 Å². The maximum Gasteiger partial charge on any atom is 0.410 e. The number of hydrogen-bond acceptors (Lipinski definition) is 6. The number of hydrogen-bond donors (Lipinski definition) is 1. The maximum absolute atomic E-state index is 13.5. The normalized spacial score (nSPS) is 12.7. The van der Waals surface area contributed by atoms with Gasteiger partial charge in [-0.05, 0) is 100 Å². The fraction of sp³-hybridized carbons (Fsp3) is 0.462. The number of aromatic nitrogens is 4. The Hall–Kier alpha value is -4.49. The van der Waals surface area contributed by atoms with Crippen molar-refractivity contribution in [1.29, 1.82) is 0 Å². The highest BCUT2D eigenvalue weighted by Crippen LogP contribution is 2.41. The highest BCUT2D eigenvalue weighted by Gasteiger charge is 2.42. The summed E-state index contributed by atoms with van der Waals surface area (Å²) in [6, 6.07) is 11.1. The summed E-state index contributed by atoms with van der Waals surface area (Å²) in [5, 5.41) is 2.93. The molecule has 0 saturated heterocycles. The molecule has 260 valence electrons. The molecule has 1 N–H and O–H groups in total. The molecule has 0 fully saturated rings. The first-order valence-corrected chi connectivity index (χ1v) is 19.3. The predicted octanol–water partition coefficient (Wildman–Crippen LogP) is 8.84. The van der Waals surface area contributed by atoms with Gasteiger partial charge in [0, 0.05) is 36.3 Å². The molecule has 0 aliphatic rings. The zero-order chi connectivity index (χ0) is 36.4. The highest BCUT2D eigenvalue weighted by molar-refractivity contribution is 6.90. The van der Waals surface area contributed by atoms with Crippen molar-refractivity contribution in [2.45, 2.75) is 111 Å². The van der Waals surface area contributed by atoms with Gasteiger partial charge in [-0.3, -0.25) is 19.1 Å². The molecule has 49 heavy (non-hydrogen) atoms. The Labute approximate surface area is 292 Å². The molecule has 2 amide bonds. The molecular formula is C39H52N6O3Si. The Morgan fingerprint density at radius 1 is 0.939 bits per heavy atom. The van der Waals surface area contributed by atoms with Gasteiger partial charge in [-0.1, -0.05) is 47.5 Å². The summed E-state index contributed by atoms with van der Waals surface area (Å²) in [4.78, 5) is 42.0. The van der Waals surface area contributed by atoms with Gasteiger partial charge in [0.2, 0.25) is 5.91 Å². The Morgan fingerprint density at radius 2 is 1.59 bits per heavy atom. The molecule has 0 aliphatic heterocycles. The number of rotatable bonds is 8. The molecule has 10 heteroatoms. The molecular weight excluding hydrogens is 629 g/mol. The van der Waals surface area contributed by atoms with Gasteiger partial charge < -0.3 is 10.1 Å². The van der Waals surface area contributed by atoms with Crippen LogP contribution in [-0.2, 0) is 9.53 Å². The van der Waals surface area contributed by atoms with Gasteiger partial charge in [0.25, 0.3) is 0 Å². The van der Waals surface area contributed by atoms with Crippen molar-refractivity contribution < 1.29 is 14.3 Å². The summed E-state index contributed by atoms with van der Waals surface area (Å²) in [5.74, 6) is 3.53. The first-order valence-electron chi connectivity index (χ1n) is 17.1. The molecule has 0 radical (unpaired) electrons. The molecule has 1 unspecified atom stereocenters. The summed E-state index contributed by atoms with van der Waals surface area (Å²) in [7, 11) is -0.606. The SMILES string of the molecule is Cc1ccn2c(-c3ccc(NC(=O)C(C)N(C)C(=O)OC(C)(C)C)nc3C#C[Si](C(C)C)(C(C)C)C(C)C)c(-c3ccnc(C)c3)nc2c1. The zero-order valence-electron chi connectivity index (χ0n) is 31.4. The Kier molecular flexibility index (Phi) is 11.1. The lowest BCUT2D eigenvalue weighted by molar-refractivity contribution is -0.120. The molecule has 0 bridgehead atoms. The van der Waals surface area contributed by atoms with Crippen molar-refractivity contribution in [2.75, 3.05) is 12.4 Å². The molecule has 4 heterocycles. The third kappa shape index (κ3) is 8.05. The van der Waals surface area contributed by atoms with Crippen molar-refractivity contribution in [3.63, 3.8) is 0 Å². The number of ether oxygens (including phenoxy) is 1. The van der Waals surface area contributed by atoms with Crippen molar-refractivity contribution in [1.82, 2.24) is 24.3 Å². The zero-order valence-corrected chi connectivity index (χ0v) is 32.4. The minimum atomic E-state index is -2.16. The molecule has 4 aromatic rings. The molecule has 9 nitrogen and oxygen atoms in total. The van der Waals surface area contributed by atoms with Gasteiger partial charge in [-0.2, -0.15) is 0 Å². The van der Waals surface area contributed by atoms with Crippen LogP contribution in [0.5, 0.6) is 0 Å². The lowest BCUT2D eigenvalue weighted by Crippen LogP contribution is -2.45. The Bertz CT molecular complexity index is 1890. The number of pyridine rings is 3. The van der Waals surface area contributed by atoms with Crippen LogP contribution in [0.3, 0.4) is 0 Å². The van der Waals surface area contributed by atoms with Crippen molar-refractivity contribution in [3.8, 4) is 34.0 Å². The number of aryl methyl sites for hydroxylation is 2. The monoisotopic (exact) mass is 680 g/mol. The second kappa shape index (κ2) is 14.5. The number of carbonyl (C=O) groups excluding carboxylic acids is 2. The van der Waals surface area contributed by atoms with E-state index in [1.54, 1.807) is 47.0 Å². The van der Waals surface area contributed by atoms with E-state index < -0.39 is 25.8 Å². The van der Waals surface area contributed by atoms with Gasteiger partial charge in [0.1, 0.15) is 36.9 Å². The second-order valence-electron chi connectivity index (χ2n) is 14.9. The lowest BCUT2D eigenvalue weighted by atomic mass is 10.0. The highest BCUT2D eigenvalue weighted by atomic mass is 28.3. The largest absolute Gasteiger partial charge is 0.444 e. The third-order valence-corrected chi connectivity index (χ3v) is 15.5. The number of fused-ring (bicyclic) bond motifs is 1. The number of nitrogens with zero attached hydrogens (tertiary/aromatic N) is 5. The summed E-state index contributed by atoms with van der Waals surface area (Å²) in [5.41, 5.74) is 11.2. The van der Waals surface area contributed by atoms with Crippen LogP contribution in [0.2, 0.25) is 16.6 Å². The molecule has 4 rings (SSSR count). The quantitative estimate of drug-likeness (QED) is 0.147. The third-order valence-electron chi connectivity index (χ3n) is 9.26. The first-order chi connectivity index (χ1) is 22.8. The van der Waals surface area contributed by atoms with Crippen LogP contribution in [0.25, 0.3) is 28.2 Å². The Balaban J connectivity index is 1.92. The topological polar surface area (TPSA) is 102 Å². The van der Waals surface area contributed by atoms with E-state index in [-0.39, 0.29) is 5.91 Å². The molecule has 0 aliphatic carbocycles. The molecule has 1 atom stereocenters. The fourth-order valence-electron chi connectivity index (χ4n) is 6.61. The van der Waals surface area contributed by atoms with E-state index in [9.17, 15) is 9.59 Å². The smallest absolute Gasteiger partial charge is 0.410 e. The van der Waals surface area contributed by atoms with Crippen LogP contribution < -0.4 is 5.32 Å². The van der Waals surface area contributed by atoms with Gasteiger partial charge >= 0.3 is 6.09 Å². The summed E-state index contributed by atoms with van der Waals surface area (Å²) in [6.45, 7) is 24.7. The molecule has 0 saturated carbocycles. The number of anilines is 1. The minimum absolute atomic E-state index is 0.347. The minimum Gasteiger partial charge on any atom is -0.444 e. The van der Waals surface area contributed by atoms with E-state index in [1.807, 2.05) is 31.3 Å². The van der Waals surface area contributed by atoms with Crippen molar-refractivity contribution in [2.24, 2.45) is 0 Å². The summed E-state index contributed by atoms with van der Waals surface area (Å²) < 4.78 is 7.56. The number of imidazole rings is 1. The predicted molar refractivity (Wildman–Crippen MR) is 201 cm³/mol. The van der Waals surface area contributed by atoms with Crippen LogP contribution in [0.15, 0.2) is 48.8 Å². The molecule has 0 aromatic carbocycles. The number of carbonyl (C=O) groups is 2. The second-order valence-corrected chi connectivity index (χ2v) is 20.5. The van der Waals surface area contributed by atoms with E-state index >= 15 is 0 Å². The Morgan fingerprint density at radius 3 is 2.18 bits per heavy atom. The maximum atomic E-state index is 13.5. The van der Waals surface area contributed by atoms with E-state index in [0.717, 1.165) is 39.4 Å². The fourth-order valence-corrected chi connectivity index (χ4v) is 11.8. The molecule has 0 spiro atoms. The standard InChI is InChI=1S/C39H52N6O3Si/c1-24(2)49(25(3)4,26(5)6)21-18-32-31(14-15-33(41-32)42-37(46)29(9)44(13)38(47)48-39(10,11)12)36-35(30-16-19-40-28(8)23-30)43-34-22-27(7)17-20-45(34)36/h14-17,19-20,22-26,29H,1-13H3,(H,41,42,46). The van der Waals surface area contributed by atoms with Gasteiger partial charge in [-0.25, -0.2) is 14.8 Å². The van der Waals surface area contributed by atoms with E-state index in [4.69, 9.17) is 14.7 Å². The number of amides is 2. The van der Waals surface area contributed by atoms with E-state index in [0.29, 0.717) is 28.1 Å². The molecule has 4 aromatic heterocycles. The van der Waals surface area contributed by atoms with Crippen LogP contribution in [0.1, 0.15) is 86.2 Å². The van der Waals surface area contributed by atoms with Crippen LogP contribution in [0, 0.1) is 25.3 Å². The number of nitrogens with one attached hydrogen (secondary N) is 1. The van der Waals surface area contributed by atoms with E-state index in [1.165, 1.54) is 4.90 Å². The summed E-state index contributed by atoms with van der Waals surface area (Å²) >= 11 is 0.